The lowest BCUT2D eigenvalue weighted by atomic mass is 9.79. The molecule has 270 valence electrons. The number of benzene rings is 1. The monoisotopic (exact) mass is 640 g/mol. The lowest BCUT2D eigenvalue weighted by Crippen LogP contribution is -2.41. The number of hydrogen-bond acceptors (Lipinski definition) is 1. The largest absolute Gasteiger partial charge is 0.300 e. The van der Waals surface area contributed by atoms with E-state index >= 15 is 0 Å². The van der Waals surface area contributed by atoms with Crippen molar-refractivity contribution in [2.75, 3.05) is 14.1 Å². The molecule has 1 heteroatoms. The minimum Gasteiger partial charge on any atom is -0.300 e. The highest BCUT2D eigenvalue weighted by Crippen LogP contribution is 2.38. The summed E-state index contributed by atoms with van der Waals surface area (Å²) in [6.07, 6.45) is 48.8. The van der Waals surface area contributed by atoms with Gasteiger partial charge in [-0.3, -0.25) is 4.90 Å². The molecule has 1 nitrogen and oxygen atoms in total. The van der Waals surface area contributed by atoms with E-state index in [1.165, 1.54) is 218 Å². The highest BCUT2D eigenvalue weighted by atomic mass is 15.1. The van der Waals surface area contributed by atoms with Gasteiger partial charge in [0.1, 0.15) is 0 Å². The average Bonchev–Trinajstić information content (AvgIpc) is 3.07. The van der Waals surface area contributed by atoms with Crippen LogP contribution in [0, 0.1) is 0 Å². The van der Waals surface area contributed by atoms with Crippen molar-refractivity contribution in [3.8, 4) is 0 Å². The minimum atomic E-state index is 0.202. The Kier molecular flexibility index (Phi) is 30.7. The Labute approximate surface area is 291 Å². The fourth-order valence-corrected chi connectivity index (χ4v) is 7.80. The van der Waals surface area contributed by atoms with Crippen LogP contribution in [0.1, 0.15) is 238 Å². The van der Waals surface area contributed by atoms with Gasteiger partial charge in [0.15, 0.2) is 0 Å². The molecule has 1 aromatic rings. The molecule has 0 saturated heterocycles. The van der Waals surface area contributed by atoms with Gasteiger partial charge in [0.25, 0.3) is 0 Å². The van der Waals surface area contributed by atoms with E-state index in [-0.39, 0.29) is 5.54 Å². The molecule has 1 rings (SSSR count). The third-order valence-corrected chi connectivity index (χ3v) is 11.1. The number of hydrogen-bond donors (Lipinski definition) is 0. The fourth-order valence-electron chi connectivity index (χ4n) is 7.80. The van der Waals surface area contributed by atoms with Crippen LogP contribution in [-0.2, 0) is 5.54 Å². The molecule has 1 aromatic carbocycles. The molecule has 0 amide bonds. The van der Waals surface area contributed by atoms with E-state index in [0.29, 0.717) is 0 Å². The second-order valence-electron chi connectivity index (χ2n) is 15.4. The second-order valence-corrected chi connectivity index (χ2v) is 15.4. The number of rotatable bonds is 36. The summed E-state index contributed by atoms with van der Waals surface area (Å²) in [7, 11) is 4.68. The molecule has 0 aromatic heterocycles. The van der Waals surface area contributed by atoms with E-state index in [2.05, 4.69) is 63.2 Å². The fraction of sp³-hybridized carbons (Fsp3) is 0.867. The van der Waals surface area contributed by atoms with Crippen LogP contribution in [0.2, 0.25) is 0 Å². The summed E-state index contributed by atoms with van der Waals surface area (Å²) in [4.78, 5) is 2.57. The molecule has 0 unspecified atom stereocenters. The Balaban J connectivity index is 2.16. The van der Waals surface area contributed by atoms with E-state index in [4.69, 9.17) is 0 Å². The first-order chi connectivity index (χ1) is 22.7. The van der Waals surface area contributed by atoms with Gasteiger partial charge < -0.3 is 0 Å². The number of nitrogens with zero attached hydrogens (tertiary/aromatic N) is 1. The van der Waals surface area contributed by atoms with Crippen molar-refractivity contribution in [2.24, 2.45) is 0 Å². The molecular formula is C45H85N. The Morgan fingerprint density at radius 3 is 0.826 bits per heavy atom. The normalized spacial score (nSPS) is 12.0. The quantitative estimate of drug-likeness (QED) is 0.0660. The first kappa shape index (κ1) is 43.2. The zero-order valence-electron chi connectivity index (χ0n) is 32.4. The van der Waals surface area contributed by atoms with Gasteiger partial charge >= 0.3 is 0 Å². The maximum Gasteiger partial charge on any atom is 0.0454 e. The van der Waals surface area contributed by atoms with Crippen molar-refractivity contribution in [1.82, 2.24) is 4.90 Å². The smallest absolute Gasteiger partial charge is 0.0454 e. The first-order valence-electron chi connectivity index (χ1n) is 21.4. The van der Waals surface area contributed by atoms with Gasteiger partial charge in [0.05, 0.1) is 0 Å². The van der Waals surface area contributed by atoms with Crippen LogP contribution in [0.25, 0.3) is 0 Å². The standard InChI is InChI=1S/C45H85N/c1-5-7-9-11-13-15-17-19-21-23-25-27-29-31-33-38-42-45(46(3)4,44-40-36-35-37-41-44)43-39-34-32-30-28-26-24-22-20-18-16-14-12-10-8-6-2/h35-37,40-41H,5-34,38-39,42-43H2,1-4H3. The van der Waals surface area contributed by atoms with Crippen molar-refractivity contribution >= 4 is 0 Å². The Morgan fingerprint density at radius 2 is 0.587 bits per heavy atom. The van der Waals surface area contributed by atoms with Gasteiger partial charge in [-0.1, -0.05) is 250 Å². The van der Waals surface area contributed by atoms with Crippen LogP contribution < -0.4 is 0 Å². The maximum atomic E-state index is 2.57. The maximum absolute atomic E-state index is 2.57. The van der Waals surface area contributed by atoms with E-state index in [1.807, 2.05) is 0 Å². The molecule has 0 saturated carbocycles. The molecule has 46 heavy (non-hydrogen) atoms. The van der Waals surface area contributed by atoms with Crippen LogP contribution in [-0.4, -0.2) is 19.0 Å². The van der Waals surface area contributed by atoms with Gasteiger partial charge in [-0.2, -0.15) is 0 Å². The topological polar surface area (TPSA) is 3.24 Å². The summed E-state index contributed by atoms with van der Waals surface area (Å²) < 4.78 is 0. The highest BCUT2D eigenvalue weighted by Gasteiger charge is 2.33. The van der Waals surface area contributed by atoms with Gasteiger partial charge in [-0.25, -0.2) is 0 Å². The summed E-state index contributed by atoms with van der Waals surface area (Å²) in [6, 6.07) is 11.5. The lowest BCUT2D eigenvalue weighted by molar-refractivity contribution is 0.117. The third-order valence-electron chi connectivity index (χ3n) is 11.1. The minimum absolute atomic E-state index is 0.202. The Morgan fingerprint density at radius 1 is 0.348 bits per heavy atom. The van der Waals surface area contributed by atoms with Crippen molar-refractivity contribution in [3.63, 3.8) is 0 Å². The molecule has 0 fully saturated rings. The van der Waals surface area contributed by atoms with E-state index in [1.54, 1.807) is 5.56 Å². The average molecular weight is 640 g/mol. The summed E-state index contributed by atoms with van der Waals surface area (Å²) >= 11 is 0. The van der Waals surface area contributed by atoms with Crippen molar-refractivity contribution in [1.29, 1.82) is 0 Å². The van der Waals surface area contributed by atoms with Gasteiger partial charge in [0, 0.05) is 5.54 Å². The van der Waals surface area contributed by atoms with Gasteiger partial charge in [-0.05, 0) is 32.5 Å². The predicted molar refractivity (Wildman–Crippen MR) is 210 cm³/mol. The van der Waals surface area contributed by atoms with Crippen molar-refractivity contribution in [3.05, 3.63) is 35.9 Å². The Bertz CT molecular complexity index is 673. The second kappa shape index (κ2) is 32.7. The van der Waals surface area contributed by atoms with Gasteiger partial charge in [0.2, 0.25) is 0 Å². The SMILES string of the molecule is CCCCCCCCCCCCCCCCCCC(CCCCCCCCCCCCCCCCCC)(c1ccccc1)N(C)C. The molecule has 0 aliphatic rings. The van der Waals surface area contributed by atoms with E-state index in [0.717, 1.165) is 0 Å². The van der Waals surface area contributed by atoms with Crippen LogP contribution >= 0.6 is 0 Å². The zero-order valence-corrected chi connectivity index (χ0v) is 32.4. The van der Waals surface area contributed by atoms with Crippen LogP contribution in [0.15, 0.2) is 30.3 Å². The van der Waals surface area contributed by atoms with Gasteiger partial charge in [-0.15, -0.1) is 0 Å². The molecule has 0 bridgehead atoms. The molecule has 0 radical (unpaired) electrons. The molecule has 0 atom stereocenters. The molecular weight excluding hydrogens is 555 g/mol. The molecule has 0 aliphatic carbocycles. The van der Waals surface area contributed by atoms with Crippen molar-refractivity contribution < 1.29 is 0 Å². The molecule has 0 spiro atoms. The third kappa shape index (κ3) is 23.5. The Hall–Kier alpha value is -0.820. The van der Waals surface area contributed by atoms with Crippen LogP contribution in [0.4, 0.5) is 0 Å². The molecule has 0 N–H and O–H groups in total. The highest BCUT2D eigenvalue weighted by molar-refractivity contribution is 5.24. The summed E-state index contributed by atoms with van der Waals surface area (Å²) in [5, 5.41) is 0. The van der Waals surface area contributed by atoms with E-state index in [9.17, 15) is 0 Å². The summed E-state index contributed by atoms with van der Waals surface area (Å²) in [6.45, 7) is 4.62. The molecule has 0 aliphatic heterocycles. The predicted octanol–water partition coefficient (Wildman–Crippen LogP) is 15.7. The summed E-state index contributed by atoms with van der Waals surface area (Å²) in [5.41, 5.74) is 1.75. The first-order valence-corrected chi connectivity index (χ1v) is 21.4. The zero-order chi connectivity index (χ0) is 33.2. The summed E-state index contributed by atoms with van der Waals surface area (Å²) in [5.74, 6) is 0. The van der Waals surface area contributed by atoms with E-state index < -0.39 is 0 Å². The molecule has 0 heterocycles. The lowest BCUT2D eigenvalue weighted by Gasteiger charge is -2.41. The van der Waals surface area contributed by atoms with Crippen molar-refractivity contribution in [2.45, 2.75) is 238 Å². The number of unbranched alkanes of at least 4 members (excludes halogenated alkanes) is 30. The van der Waals surface area contributed by atoms with Crippen LogP contribution in [0.3, 0.4) is 0 Å². The van der Waals surface area contributed by atoms with Crippen LogP contribution in [0.5, 0.6) is 0 Å².